The van der Waals surface area contributed by atoms with Gasteiger partial charge >= 0.3 is 0 Å². The Kier molecular flexibility index (Phi) is 5.57. The van der Waals surface area contributed by atoms with Crippen LogP contribution < -0.4 is 11.3 Å². The first-order valence-electron chi connectivity index (χ1n) is 8.11. The van der Waals surface area contributed by atoms with E-state index in [1.807, 2.05) is 17.2 Å². The summed E-state index contributed by atoms with van der Waals surface area (Å²) in [6, 6.07) is 1.67. The first-order chi connectivity index (χ1) is 11.5. The van der Waals surface area contributed by atoms with E-state index in [0.29, 0.717) is 22.4 Å². The van der Waals surface area contributed by atoms with Crippen LogP contribution in [0.15, 0.2) is 22.4 Å². The van der Waals surface area contributed by atoms with Crippen molar-refractivity contribution in [3.05, 3.63) is 33.7 Å². The summed E-state index contributed by atoms with van der Waals surface area (Å²) in [5.74, 6) is 1.53. The fraction of sp³-hybridized carbons (Fsp3) is 0.562. The summed E-state index contributed by atoms with van der Waals surface area (Å²) in [5.41, 5.74) is 6.63. The van der Waals surface area contributed by atoms with Gasteiger partial charge in [-0.15, -0.1) is 23.1 Å². The minimum atomic E-state index is -0.0704. The maximum Gasteiger partial charge on any atom is 0.258 e. The van der Waals surface area contributed by atoms with E-state index in [1.54, 1.807) is 12.3 Å². The van der Waals surface area contributed by atoms with Crippen LogP contribution >= 0.6 is 23.1 Å². The lowest BCUT2D eigenvalue weighted by Gasteiger charge is -2.34. The summed E-state index contributed by atoms with van der Waals surface area (Å²) in [6.07, 6.45) is 3.85. The van der Waals surface area contributed by atoms with Crippen LogP contribution in [-0.4, -0.2) is 45.1 Å². The third-order valence-corrected chi connectivity index (χ3v) is 6.09. The summed E-state index contributed by atoms with van der Waals surface area (Å²) >= 11 is 2.95. The number of thioether (sulfide) groups is 1. The minimum absolute atomic E-state index is 0.0704. The number of amides is 1. The van der Waals surface area contributed by atoms with Crippen LogP contribution in [0.1, 0.15) is 25.5 Å². The van der Waals surface area contributed by atoms with Crippen molar-refractivity contribution in [2.45, 2.75) is 31.6 Å². The predicted molar refractivity (Wildman–Crippen MR) is 98.5 cm³/mol. The van der Waals surface area contributed by atoms with Crippen molar-refractivity contribution in [3.8, 4) is 0 Å². The van der Waals surface area contributed by atoms with Gasteiger partial charge in [-0.05, 0) is 25.7 Å². The highest BCUT2D eigenvalue weighted by Gasteiger charge is 2.25. The standard InChI is InChI=1S/C16H22N4O2S2/c1-11(17)12-3-2-4-19(8-12)15(22)10-23-9-13-7-14(21)20-5-6-24-16(20)18-13/h5-7,11-12H,2-4,8-10,17H2,1H3. The Morgan fingerprint density at radius 3 is 3.21 bits per heavy atom. The van der Waals surface area contributed by atoms with Crippen molar-refractivity contribution in [3.63, 3.8) is 0 Å². The molecule has 6 nitrogen and oxygen atoms in total. The molecule has 3 heterocycles. The Bertz CT molecular complexity index is 771. The number of hydrogen-bond donors (Lipinski definition) is 1. The minimum Gasteiger partial charge on any atom is -0.342 e. The van der Waals surface area contributed by atoms with Gasteiger partial charge in [0.25, 0.3) is 5.56 Å². The Hall–Kier alpha value is -1.38. The number of thiazole rings is 1. The molecule has 1 aliphatic rings. The molecular formula is C16H22N4O2S2. The largest absolute Gasteiger partial charge is 0.342 e. The molecule has 24 heavy (non-hydrogen) atoms. The zero-order valence-corrected chi connectivity index (χ0v) is 15.3. The molecule has 1 fully saturated rings. The molecule has 1 amide bonds. The third-order valence-electron chi connectivity index (χ3n) is 4.39. The van der Waals surface area contributed by atoms with Gasteiger partial charge in [-0.2, -0.15) is 0 Å². The van der Waals surface area contributed by atoms with Gasteiger partial charge in [-0.1, -0.05) is 0 Å². The van der Waals surface area contributed by atoms with Gasteiger partial charge in [0.1, 0.15) is 0 Å². The second-order valence-corrected chi connectivity index (χ2v) is 8.09. The monoisotopic (exact) mass is 366 g/mol. The van der Waals surface area contributed by atoms with Crippen molar-refractivity contribution in [2.24, 2.45) is 11.7 Å². The van der Waals surface area contributed by atoms with Crippen LogP contribution in [0.5, 0.6) is 0 Å². The molecular weight excluding hydrogens is 344 g/mol. The Morgan fingerprint density at radius 1 is 1.58 bits per heavy atom. The van der Waals surface area contributed by atoms with E-state index >= 15 is 0 Å². The summed E-state index contributed by atoms with van der Waals surface area (Å²) in [5, 5.41) is 1.84. The summed E-state index contributed by atoms with van der Waals surface area (Å²) in [4.78, 5) is 31.4. The van der Waals surface area contributed by atoms with Gasteiger partial charge in [0, 0.05) is 42.5 Å². The SMILES string of the molecule is CC(N)C1CCCN(C(=O)CSCc2cc(=O)n3ccsc3n2)C1. The van der Waals surface area contributed by atoms with Gasteiger partial charge in [0.05, 0.1) is 11.4 Å². The first kappa shape index (κ1) is 17.4. The fourth-order valence-electron chi connectivity index (χ4n) is 2.96. The highest BCUT2D eigenvalue weighted by Crippen LogP contribution is 2.20. The second-order valence-electron chi connectivity index (χ2n) is 6.24. The molecule has 0 bridgehead atoms. The lowest BCUT2D eigenvalue weighted by Crippen LogP contribution is -2.45. The van der Waals surface area contributed by atoms with Gasteiger partial charge in [-0.25, -0.2) is 4.98 Å². The highest BCUT2D eigenvalue weighted by atomic mass is 32.2. The summed E-state index contributed by atoms with van der Waals surface area (Å²) in [7, 11) is 0. The molecule has 1 aliphatic heterocycles. The number of likely N-dealkylation sites (tertiary alicyclic amines) is 1. The van der Waals surface area contributed by atoms with Crippen LogP contribution in [0, 0.1) is 5.92 Å². The number of carbonyl (C=O) groups is 1. The van der Waals surface area contributed by atoms with E-state index in [1.165, 1.54) is 27.5 Å². The number of rotatable bonds is 5. The topological polar surface area (TPSA) is 80.7 Å². The molecule has 0 radical (unpaired) electrons. The first-order valence-corrected chi connectivity index (χ1v) is 10.1. The molecule has 130 valence electrons. The van der Waals surface area contributed by atoms with Crippen molar-refractivity contribution in [1.29, 1.82) is 0 Å². The van der Waals surface area contributed by atoms with Gasteiger partial charge in [-0.3, -0.25) is 14.0 Å². The lowest BCUT2D eigenvalue weighted by molar-refractivity contribution is -0.130. The van der Waals surface area contributed by atoms with Crippen molar-refractivity contribution in [1.82, 2.24) is 14.3 Å². The van der Waals surface area contributed by atoms with Gasteiger partial charge in [0.15, 0.2) is 4.96 Å². The summed E-state index contributed by atoms with van der Waals surface area (Å²) < 4.78 is 1.53. The molecule has 2 unspecified atom stereocenters. The van der Waals surface area contributed by atoms with Crippen LogP contribution in [0.4, 0.5) is 0 Å². The zero-order valence-electron chi connectivity index (χ0n) is 13.7. The molecule has 2 N–H and O–H groups in total. The van der Waals surface area contributed by atoms with Crippen molar-refractivity contribution < 1.29 is 4.79 Å². The molecule has 1 saturated heterocycles. The van der Waals surface area contributed by atoms with Crippen LogP contribution in [0.2, 0.25) is 0 Å². The lowest BCUT2D eigenvalue weighted by atomic mass is 9.92. The average Bonchev–Trinajstić information content (AvgIpc) is 3.04. The number of piperidine rings is 1. The zero-order chi connectivity index (χ0) is 17.1. The summed E-state index contributed by atoms with van der Waals surface area (Å²) in [6.45, 7) is 3.60. The molecule has 0 saturated carbocycles. The van der Waals surface area contributed by atoms with Crippen LogP contribution in [0.3, 0.4) is 0 Å². The molecule has 8 heteroatoms. The maximum absolute atomic E-state index is 12.4. The van der Waals surface area contributed by atoms with Crippen molar-refractivity contribution >= 4 is 34.0 Å². The fourth-order valence-corrected chi connectivity index (χ4v) is 4.52. The number of hydrogen-bond acceptors (Lipinski definition) is 6. The van der Waals surface area contributed by atoms with E-state index in [2.05, 4.69) is 4.98 Å². The van der Waals surface area contributed by atoms with Crippen LogP contribution in [-0.2, 0) is 10.5 Å². The molecule has 2 atom stereocenters. The smallest absolute Gasteiger partial charge is 0.258 e. The Balaban J connectivity index is 1.53. The Labute approximate surface area is 149 Å². The molecule has 0 aliphatic carbocycles. The molecule has 0 aromatic carbocycles. The molecule has 2 aromatic rings. The highest BCUT2D eigenvalue weighted by molar-refractivity contribution is 7.99. The number of nitrogens with zero attached hydrogens (tertiary/aromatic N) is 3. The van der Waals surface area contributed by atoms with Crippen molar-refractivity contribution in [2.75, 3.05) is 18.8 Å². The van der Waals surface area contributed by atoms with E-state index in [0.717, 1.165) is 31.6 Å². The predicted octanol–water partition coefficient (Wildman–Crippen LogP) is 1.57. The van der Waals surface area contributed by atoms with E-state index in [-0.39, 0.29) is 17.5 Å². The number of carbonyl (C=O) groups excluding carboxylic acids is 1. The van der Waals surface area contributed by atoms with E-state index < -0.39 is 0 Å². The van der Waals surface area contributed by atoms with E-state index in [4.69, 9.17) is 5.73 Å². The number of nitrogens with two attached hydrogens (primary N) is 1. The average molecular weight is 367 g/mol. The van der Waals surface area contributed by atoms with Gasteiger partial charge in [0.2, 0.25) is 5.91 Å². The van der Waals surface area contributed by atoms with Gasteiger partial charge < -0.3 is 10.6 Å². The van der Waals surface area contributed by atoms with E-state index in [9.17, 15) is 9.59 Å². The molecule has 3 rings (SSSR count). The maximum atomic E-state index is 12.4. The van der Waals surface area contributed by atoms with Crippen LogP contribution in [0.25, 0.3) is 4.96 Å². The third kappa shape index (κ3) is 3.99. The quantitative estimate of drug-likeness (QED) is 0.869. The molecule has 0 spiro atoms. The normalized spacial score (nSPS) is 19.6. The second kappa shape index (κ2) is 7.67. The number of aromatic nitrogens is 2. The Morgan fingerprint density at radius 2 is 2.42 bits per heavy atom. The molecule has 2 aromatic heterocycles. The number of fused-ring (bicyclic) bond motifs is 1.